The Labute approximate surface area is 181 Å². The van der Waals surface area contributed by atoms with Crippen molar-refractivity contribution in [3.05, 3.63) is 57.8 Å². The Kier molecular flexibility index (Phi) is 7.67. The first-order valence-corrected chi connectivity index (χ1v) is 10.6. The molecule has 0 aliphatic heterocycles. The molecule has 0 aliphatic rings. The van der Waals surface area contributed by atoms with Crippen LogP contribution < -0.4 is 20.1 Å². The van der Waals surface area contributed by atoms with Gasteiger partial charge in [-0.05, 0) is 36.9 Å². The molecule has 2 N–H and O–H groups in total. The molecule has 0 fully saturated rings. The highest BCUT2D eigenvalue weighted by Crippen LogP contribution is 2.25. The minimum absolute atomic E-state index is 0.472. The van der Waals surface area contributed by atoms with Gasteiger partial charge in [0.15, 0.2) is 11.8 Å². The minimum atomic E-state index is 0.472. The highest BCUT2D eigenvalue weighted by molar-refractivity contribution is 7.09. The van der Waals surface area contributed by atoms with Crippen LogP contribution in [-0.4, -0.2) is 41.5 Å². The van der Waals surface area contributed by atoms with Crippen LogP contribution in [0.2, 0.25) is 0 Å². The van der Waals surface area contributed by atoms with Gasteiger partial charge in [0.25, 0.3) is 0 Å². The van der Waals surface area contributed by atoms with E-state index in [2.05, 4.69) is 38.3 Å². The summed E-state index contributed by atoms with van der Waals surface area (Å²) >= 11 is 1.76. The third-order valence-corrected chi connectivity index (χ3v) is 5.68. The number of thiophene rings is 1. The quantitative estimate of drug-likeness (QED) is 0.403. The Morgan fingerprint density at radius 3 is 2.70 bits per heavy atom. The van der Waals surface area contributed by atoms with Crippen LogP contribution in [0.1, 0.15) is 22.1 Å². The van der Waals surface area contributed by atoms with Gasteiger partial charge in [-0.15, -0.1) is 21.5 Å². The number of hydrogen-bond donors (Lipinski definition) is 2. The number of rotatable bonds is 9. The van der Waals surface area contributed by atoms with Crippen molar-refractivity contribution in [2.24, 2.45) is 12.0 Å². The van der Waals surface area contributed by atoms with Crippen LogP contribution in [0, 0.1) is 6.92 Å². The van der Waals surface area contributed by atoms with E-state index in [4.69, 9.17) is 14.5 Å². The molecule has 1 aromatic carbocycles. The zero-order valence-corrected chi connectivity index (χ0v) is 18.6. The summed E-state index contributed by atoms with van der Waals surface area (Å²) in [7, 11) is 5.24. The fourth-order valence-corrected chi connectivity index (χ4v) is 3.56. The Morgan fingerprint density at radius 1 is 1.17 bits per heavy atom. The second-order valence-corrected chi connectivity index (χ2v) is 7.71. The fourth-order valence-electron chi connectivity index (χ4n) is 2.85. The van der Waals surface area contributed by atoms with E-state index in [-0.39, 0.29) is 0 Å². The van der Waals surface area contributed by atoms with E-state index in [0.29, 0.717) is 19.0 Å². The normalized spacial score (nSPS) is 11.4. The predicted molar refractivity (Wildman–Crippen MR) is 119 cm³/mol. The van der Waals surface area contributed by atoms with Crippen LogP contribution in [0.15, 0.2) is 40.7 Å². The maximum Gasteiger partial charge on any atom is 0.191 e. The van der Waals surface area contributed by atoms with E-state index in [1.165, 1.54) is 4.88 Å². The lowest BCUT2D eigenvalue weighted by atomic mass is 10.2. The second-order valence-electron chi connectivity index (χ2n) is 6.67. The van der Waals surface area contributed by atoms with Gasteiger partial charge in [-0.1, -0.05) is 6.07 Å². The zero-order chi connectivity index (χ0) is 21.3. The number of nitrogens with zero attached hydrogens (tertiary/aromatic N) is 4. The molecule has 2 aromatic heterocycles. The number of hydrogen-bond acceptors (Lipinski definition) is 6. The molecule has 0 saturated carbocycles. The van der Waals surface area contributed by atoms with Crippen LogP contribution in [0.5, 0.6) is 11.5 Å². The summed E-state index contributed by atoms with van der Waals surface area (Å²) in [4.78, 5) is 6.08. The Morgan fingerprint density at radius 2 is 2.03 bits per heavy atom. The molecule has 0 spiro atoms. The number of aliphatic imine (C=N–C) groups is 1. The van der Waals surface area contributed by atoms with E-state index < -0.39 is 0 Å². The number of methoxy groups -OCH3 is 2. The average Bonchev–Trinajstić information content (AvgIpc) is 3.40. The van der Waals surface area contributed by atoms with Gasteiger partial charge in [0.2, 0.25) is 0 Å². The zero-order valence-electron chi connectivity index (χ0n) is 17.8. The number of ether oxygens (including phenoxy) is 2. The molecule has 8 nitrogen and oxygen atoms in total. The summed E-state index contributed by atoms with van der Waals surface area (Å²) in [5.74, 6) is 3.94. The first kappa shape index (κ1) is 21.6. The lowest BCUT2D eigenvalue weighted by molar-refractivity contribution is 0.391. The minimum Gasteiger partial charge on any atom is -0.497 e. The Hall–Kier alpha value is -3.07. The van der Waals surface area contributed by atoms with Crippen LogP contribution in [0.4, 0.5) is 0 Å². The van der Waals surface area contributed by atoms with Crippen molar-refractivity contribution >= 4 is 17.3 Å². The van der Waals surface area contributed by atoms with Crippen molar-refractivity contribution in [3.8, 4) is 11.5 Å². The molecule has 0 amide bonds. The van der Waals surface area contributed by atoms with Gasteiger partial charge >= 0.3 is 0 Å². The maximum atomic E-state index is 5.49. The lowest BCUT2D eigenvalue weighted by Crippen LogP contribution is -2.38. The SMILES string of the molecule is COc1ccc(CN=C(NCCc2cccs2)NCc2nnc(C)n2C)c(OC)c1. The van der Waals surface area contributed by atoms with Crippen LogP contribution in [-0.2, 0) is 26.6 Å². The standard InChI is InChI=1S/C21H28N6O2S/c1-15-25-26-20(27(15)2)14-24-21(22-10-9-18-6-5-11-30-18)23-13-16-7-8-17(28-3)12-19(16)29-4/h5-8,11-12H,9-10,13-14H2,1-4H3,(H2,22,23,24). The number of guanidine groups is 1. The van der Waals surface area contributed by atoms with Gasteiger partial charge in [0, 0.05) is 30.1 Å². The molecular formula is C21H28N6O2S. The monoisotopic (exact) mass is 428 g/mol. The lowest BCUT2D eigenvalue weighted by Gasteiger charge is -2.13. The first-order chi connectivity index (χ1) is 14.6. The maximum absolute atomic E-state index is 5.49. The molecule has 3 rings (SSSR count). The highest BCUT2D eigenvalue weighted by Gasteiger charge is 2.08. The van der Waals surface area contributed by atoms with Crippen LogP contribution in [0.25, 0.3) is 0 Å². The highest BCUT2D eigenvalue weighted by atomic mass is 32.1. The van der Waals surface area contributed by atoms with E-state index in [0.717, 1.165) is 41.7 Å². The predicted octanol–water partition coefficient (Wildman–Crippen LogP) is 2.68. The summed E-state index contributed by atoms with van der Waals surface area (Å²) in [6.45, 7) is 3.71. The first-order valence-electron chi connectivity index (χ1n) is 9.71. The molecular weight excluding hydrogens is 400 g/mol. The molecule has 0 radical (unpaired) electrons. The van der Waals surface area contributed by atoms with E-state index >= 15 is 0 Å². The third-order valence-electron chi connectivity index (χ3n) is 4.74. The molecule has 3 aromatic rings. The molecule has 2 heterocycles. The summed E-state index contributed by atoms with van der Waals surface area (Å²) in [5, 5.41) is 17.2. The Balaban J connectivity index is 1.69. The second kappa shape index (κ2) is 10.6. The topological polar surface area (TPSA) is 85.6 Å². The van der Waals surface area contributed by atoms with Gasteiger partial charge in [0.05, 0.1) is 27.3 Å². The fraction of sp³-hybridized carbons (Fsp3) is 0.381. The summed E-state index contributed by atoms with van der Waals surface area (Å²) in [6, 6.07) is 9.95. The Bertz CT molecular complexity index is 968. The van der Waals surface area contributed by atoms with Crippen molar-refractivity contribution in [2.45, 2.75) is 26.4 Å². The molecule has 30 heavy (non-hydrogen) atoms. The summed E-state index contributed by atoms with van der Waals surface area (Å²) < 4.78 is 12.7. The smallest absolute Gasteiger partial charge is 0.191 e. The average molecular weight is 429 g/mol. The van der Waals surface area contributed by atoms with Crippen molar-refractivity contribution in [1.29, 1.82) is 0 Å². The number of aromatic nitrogens is 3. The number of aryl methyl sites for hydroxylation is 1. The molecule has 0 aliphatic carbocycles. The van der Waals surface area contributed by atoms with E-state index in [1.54, 1.807) is 25.6 Å². The third kappa shape index (κ3) is 5.73. The van der Waals surface area contributed by atoms with Crippen LogP contribution in [0.3, 0.4) is 0 Å². The largest absolute Gasteiger partial charge is 0.497 e. The van der Waals surface area contributed by atoms with Gasteiger partial charge in [0.1, 0.15) is 17.3 Å². The molecule has 9 heteroatoms. The van der Waals surface area contributed by atoms with Crippen molar-refractivity contribution in [2.75, 3.05) is 20.8 Å². The molecule has 0 bridgehead atoms. The van der Waals surface area contributed by atoms with Crippen molar-refractivity contribution in [1.82, 2.24) is 25.4 Å². The van der Waals surface area contributed by atoms with Crippen molar-refractivity contribution < 1.29 is 9.47 Å². The van der Waals surface area contributed by atoms with Crippen LogP contribution >= 0.6 is 11.3 Å². The summed E-state index contributed by atoms with van der Waals surface area (Å²) in [6.07, 6.45) is 0.938. The van der Waals surface area contributed by atoms with E-state index in [9.17, 15) is 0 Å². The number of benzene rings is 1. The summed E-state index contributed by atoms with van der Waals surface area (Å²) in [5.41, 5.74) is 0.979. The van der Waals surface area contributed by atoms with Gasteiger partial charge < -0.3 is 24.7 Å². The van der Waals surface area contributed by atoms with Crippen molar-refractivity contribution in [3.63, 3.8) is 0 Å². The molecule has 0 saturated heterocycles. The molecule has 160 valence electrons. The van der Waals surface area contributed by atoms with E-state index in [1.807, 2.05) is 36.7 Å². The molecule has 0 unspecified atom stereocenters. The molecule has 0 atom stereocenters. The van der Waals surface area contributed by atoms with Gasteiger partial charge in [-0.3, -0.25) is 0 Å². The van der Waals surface area contributed by atoms with Gasteiger partial charge in [-0.2, -0.15) is 0 Å². The number of nitrogens with one attached hydrogen (secondary N) is 2. The van der Waals surface area contributed by atoms with Gasteiger partial charge in [-0.25, -0.2) is 4.99 Å².